The molecule has 1 saturated carbocycles. The first-order chi connectivity index (χ1) is 12.3. The van der Waals surface area contributed by atoms with E-state index in [1.165, 1.54) is 0 Å². The molecule has 3 aromatic rings. The molecule has 0 atom stereocenters. The maximum atomic E-state index is 12.7. The smallest absolute Gasteiger partial charge is 0.236 e. The second kappa shape index (κ2) is 6.51. The lowest BCUT2D eigenvalue weighted by atomic mass is 9.95. The van der Waals surface area contributed by atoms with Crippen molar-refractivity contribution in [1.82, 2.24) is 14.8 Å². The molecule has 0 radical (unpaired) electrons. The third kappa shape index (κ3) is 3.31. The molecule has 0 spiro atoms. The van der Waals surface area contributed by atoms with E-state index < -0.39 is 0 Å². The van der Waals surface area contributed by atoms with Gasteiger partial charge >= 0.3 is 0 Å². The Hall–Kier alpha value is -2.95. The quantitative estimate of drug-likeness (QED) is 0.754. The minimum atomic E-state index is -0.376. The Balaban J connectivity index is 1.39. The Morgan fingerprint density at radius 1 is 1.08 bits per heavy atom. The summed E-state index contributed by atoms with van der Waals surface area (Å²) in [6.07, 6.45) is 6.28. The second-order valence-corrected chi connectivity index (χ2v) is 6.44. The molecule has 1 amide bonds. The van der Waals surface area contributed by atoms with Gasteiger partial charge in [-0.2, -0.15) is 5.10 Å². The highest BCUT2D eigenvalue weighted by molar-refractivity contribution is 6.00. The Labute approximate surface area is 146 Å². The number of benzene rings is 1. The van der Waals surface area contributed by atoms with Crippen LogP contribution in [0.3, 0.4) is 0 Å². The van der Waals surface area contributed by atoms with Crippen LogP contribution in [0.15, 0.2) is 67.0 Å². The number of nitrogens with zero attached hydrogens (tertiary/aromatic N) is 3. The second-order valence-electron chi connectivity index (χ2n) is 6.44. The zero-order chi connectivity index (χ0) is 17.1. The topological polar surface area (TPSA) is 59.8 Å². The summed E-state index contributed by atoms with van der Waals surface area (Å²) in [4.78, 5) is 17.0. The predicted octanol–water partition coefficient (Wildman–Crippen LogP) is 3.19. The van der Waals surface area contributed by atoms with Gasteiger partial charge in [-0.05, 0) is 30.5 Å². The van der Waals surface area contributed by atoms with E-state index in [9.17, 15) is 4.79 Å². The fourth-order valence-corrected chi connectivity index (χ4v) is 3.09. The highest BCUT2D eigenvalue weighted by atomic mass is 16.2. The lowest BCUT2D eigenvalue weighted by Crippen LogP contribution is -2.28. The van der Waals surface area contributed by atoms with Crippen molar-refractivity contribution in [3.05, 3.63) is 78.2 Å². The number of hydrogen-bond acceptors (Lipinski definition) is 3. The van der Waals surface area contributed by atoms with Gasteiger partial charge in [-0.3, -0.25) is 14.5 Å². The summed E-state index contributed by atoms with van der Waals surface area (Å²) in [6, 6.07) is 17.7. The van der Waals surface area contributed by atoms with Crippen molar-refractivity contribution in [2.75, 3.05) is 5.32 Å². The van der Waals surface area contributed by atoms with Crippen LogP contribution in [0.25, 0.3) is 0 Å². The van der Waals surface area contributed by atoms with E-state index in [0.717, 1.165) is 37.1 Å². The monoisotopic (exact) mass is 332 g/mol. The molecule has 0 unspecified atom stereocenters. The fourth-order valence-electron chi connectivity index (χ4n) is 3.09. The standard InChI is InChI=1S/C20H20N4O/c25-19(20(11-12-20)16-6-2-1-3-7-16)22-18-10-15-24(23-18)14-9-17-8-4-5-13-21-17/h1-8,10,13,15H,9,11-12,14H2,(H,22,23,25). The minimum absolute atomic E-state index is 0.0358. The van der Waals surface area contributed by atoms with Crippen LogP contribution < -0.4 is 5.32 Å². The number of hydrogen-bond donors (Lipinski definition) is 1. The number of carbonyl (C=O) groups is 1. The minimum Gasteiger partial charge on any atom is -0.308 e. The van der Waals surface area contributed by atoms with E-state index in [-0.39, 0.29) is 11.3 Å². The number of anilines is 1. The van der Waals surface area contributed by atoms with Gasteiger partial charge in [0.05, 0.1) is 5.41 Å². The van der Waals surface area contributed by atoms with Gasteiger partial charge in [0, 0.05) is 37.1 Å². The van der Waals surface area contributed by atoms with Crippen molar-refractivity contribution in [2.45, 2.75) is 31.2 Å². The first kappa shape index (κ1) is 15.6. The molecule has 5 nitrogen and oxygen atoms in total. The van der Waals surface area contributed by atoms with Gasteiger partial charge < -0.3 is 5.32 Å². The number of pyridine rings is 1. The fraction of sp³-hybridized carbons (Fsp3) is 0.250. The molecule has 1 aliphatic rings. The van der Waals surface area contributed by atoms with Crippen LogP contribution in [0, 0.1) is 0 Å². The number of nitrogens with one attached hydrogen (secondary N) is 1. The Morgan fingerprint density at radius 2 is 1.88 bits per heavy atom. The molecular formula is C20H20N4O. The zero-order valence-electron chi connectivity index (χ0n) is 13.9. The van der Waals surface area contributed by atoms with E-state index in [1.807, 2.05) is 65.5 Å². The molecule has 0 aliphatic heterocycles. The Kier molecular flexibility index (Phi) is 4.06. The molecule has 5 heteroatoms. The van der Waals surface area contributed by atoms with Gasteiger partial charge in [-0.1, -0.05) is 36.4 Å². The normalized spacial score (nSPS) is 14.9. The molecule has 1 aliphatic carbocycles. The molecule has 0 bridgehead atoms. The highest BCUT2D eigenvalue weighted by Crippen LogP contribution is 2.48. The molecule has 25 heavy (non-hydrogen) atoms. The largest absolute Gasteiger partial charge is 0.308 e. The molecule has 126 valence electrons. The summed E-state index contributed by atoms with van der Waals surface area (Å²) in [5.74, 6) is 0.641. The van der Waals surface area contributed by atoms with Crippen molar-refractivity contribution < 1.29 is 4.79 Å². The molecule has 1 N–H and O–H groups in total. The van der Waals surface area contributed by atoms with Crippen LogP contribution in [0.1, 0.15) is 24.1 Å². The van der Waals surface area contributed by atoms with E-state index >= 15 is 0 Å². The van der Waals surface area contributed by atoms with Crippen molar-refractivity contribution >= 4 is 11.7 Å². The van der Waals surface area contributed by atoms with Crippen LogP contribution >= 0.6 is 0 Å². The van der Waals surface area contributed by atoms with E-state index in [1.54, 1.807) is 6.20 Å². The molecule has 1 aromatic carbocycles. The van der Waals surface area contributed by atoms with Crippen molar-refractivity contribution in [1.29, 1.82) is 0 Å². The lowest BCUT2D eigenvalue weighted by Gasteiger charge is -2.14. The van der Waals surface area contributed by atoms with Crippen LogP contribution in [-0.2, 0) is 23.2 Å². The van der Waals surface area contributed by atoms with Gasteiger partial charge in [0.25, 0.3) is 0 Å². The molecule has 4 rings (SSSR count). The number of carbonyl (C=O) groups excluding carboxylic acids is 1. The third-order valence-electron chi connectivity index (χ3n) is 4.72. The van der Waals surface area contributed by atoms with Gasteiger partial charge in [-0.25, -0.2) is 0 Å². The summed E-state index contributed by atoms with van der Waals surface area (Å²) < 4.78 is 1.84. The van der Waals surface area contributed by atoms with Gasteiger partial charge in [-0.15, -0.1) is 0 Å². The maximum Gasteiger partial charge on any atom is 0.236 e. The zero-order valence-corrected chi connectivity index (χ0v) is 13.9. The Morgan fingerprint density at radius 3 is 2.60 bits per heavy atom. The van der Waals surface area contributed by atoms with Crippen LogP contribution in [0.5, 0.6) is 0 Å². The maximum absolute atomic E-state index is 12.7. The van der Waals surface area contributed by atoms with Crippen LogP contribution in [-0.4, -0.2) is 20.7 Å². The average Bonchev–Trinajstić information content (AvgIpc) is 3.37. The molecule has 0 saturated heterocycles. The molecule has 1 fully saturated rings. The summed E-state index contributed by atoms with van der Waals surface area (Å²) in [6.45, 7) is 0.733. The summed E-state index contributed by atoms with van der Waals surface area (Å²) in [5, 5.41) is 7.43. The Bertz CT molecular complexity index is 854. The summed E-state index contributed by atoms with van der Waals surface area (Å²) in [5.41, 5.74) is 1.74. The first-order valence-corrected chi connectivity index (χ1v) is 8.57. The number of aryl methyl sites for hydroxylation is 2. The van der Waals surface area contributed by atoms with Crippen molar-refractivity contribution in [3.8, 4) is 0 Å². The molecular weight excluding hydrogens is 312 g/mol. The molecule has 2 aromatic heterocycles. The van der Waals surface area contributed by atoms with Crippen molar-refractivity contribution in [2.24, 2.45) is 0 Å². The number of amides is 1. The average molecular weight is 332 g/mol. The first-order valence-electron chi connectivity index (χ1n) is 8.57. The summed E-state index contributed by atoms with van der Waals surface area (Å²) >= 11 is 0. The van der Waals surface area contributed by atoms with Crippen LogP contribution in [0.4, 0.5) is 5.82 Å². The number of aromatic nitrogens is 3. The number of rotatable bonds is 6. The lowest BCUT2D eigenvalue weighted by molar-refractivity contribution is -0.118. The summed E-state index contributed by atoms with van der Waals surface area (Å²) in [7, 11) is 0. The predicted molar refractivity (Wildman–Crippen MR) is 96.2 cm³/mol. The highest BCUT2D eigenvalue weighted by Gasteiger charge is 2.51. The SMILES string of the molecule is O=C(Nc1ccn(CCc2ccccn2)n1)C1(c2ccccc2)CC1. The van der Waals surface area contributed by atoms with Crippen molar-refractivity contribution in [3.63, 3.8) is 0 Å². The van der Waals surface area contributed by atoms with E-state index in [4.69, 9.17) is 0 Å². The van der Waals surface area contributed by atoms with E-state index in [0.29, 0.717) is 5.82 Å². The van der Waals surface area contributed by atoms with Gasteiger partial charge in [0.2, 0.25) is 5.91 Å². The third-order valence-corrected chi connectivity index (χ3v) is 4.72. The van der Waals surface area contributed by atoms with Crippen LogP contribution in [0.2, 0.25) is 0 Å². The molecule has 2 heterocycles. The van der Waals surface area contributed by atoms with Gasteiger partial charge in [0.1, 0.15) is 0 Å². The van der Waals surface area contributed by atoms with Gasteiger partial charge in [0.15, 0.2) is 5.82 Å². The van der Waals surface area contributed by atoms with E-state index in [2.05, 4.69) is 15.4 Å².